The number of hydrogen-bond acceptors (Lipinski definition) is 5. The summed E-state index contributed by atoms with van der Waals surface area (Å²) < 4.78 is 17.6. The standard InChI is InChI=1S/C12H14FN5O2/c1-20-7-6-14-11(19)8-18-16-12(15-17-18)9-2-4-10(13)5-3-9/h2-5H,6-8H2,1H3,(H,14,19). The highest BCUT2D eigenvalue weighted by atomic mass is 19.1. The second-order valence-electron chi connectivity index (χ2n) is 3.99. The zero-order chi connectivity index (χ0) is 14.4. The quantitative estimate of drug-likeness (QED) is 0.766. The van der Waals surface area contributed by atoms with Gasteiger partial charge in [-0.3, -0.25) is 4.79 Å². The number of aromatic nitrogens is 4. The second kappa shape index (κ2) is 6.71. The first kappa shape index (κ1) is 14.1. The summed E-state index contributed by atoms with van der Waals surface area (Å²) in [7, 11) is 1.56. The molecular formula is C12H14FN5O2. The van der Waals surface area contributed by atoms with Crippen molar-refractivity contribution >= 4 is 5.91 Å². The molecule has 1 amide bonds. The summed E-state index contributed by atoms with van der Waals surface area (Å²) in [6, 6.07) is 5.73. The zero-order valence-corrected chi connectivity index (χ0v) is 10.9. The molecule has 0 unspecified atom stereocenters. The first-order valence-electron chi connectivity index (χ1n) is 5.98. The zero-order valence-electron chi connectivity index (χ0n) is 10.9. The van der Waals surface area contributed by atoms with Crippen LogP contribution >= 0.6 is 0 Å². The Morgan fingerprint density at radius 3 is 2.85 bits per heavy atom. The highest BCUT2D eigenvalue weighted by molar-refractivity contribution is 5.75. The Balaban J connectivity index is 1.95. The van der Waals surface area contributed by atoms with Gasteiger partial charge in [0.15, 0.2) is 0 Å². The number of amides is 1. The van der Waals surface area contributed by atoms with Crippen LogP contribution in [0.25, 0.3) is 11.4 Å². The van der Waals surface area contributed by atoms with E-state index in [0.29, 0.717) is 24.5 Å². The number of carbonyl (C=O) groups excluding carboxylic acids is 1. The van der Waals surface area contributed by atoms with Gasteiger partial charge in [-0.15, -0.1) is 10.2 Å². The number of hydrogen-bond donors (Lipinski definition) is 1. The number of ether oxygens (including phenoxy) is 1. The van der Waals surface area contributed by atoms with Crippen molar-refractivity contribution in [2.45, 2.75) is 6.54 Å². The van der Waals surface area contributed by atoms with Gasteiger partial charge >= 0.3 is 0 Å². The number of tetrazole rings is 1. The molecule has 0 aliphatic carbocycles. The topological polar surface area (TPSA) is 81.9 Å². The van der Waals surface area contributed by atoms with Crippen molar-refractivity contribution in [3.63, 3.8) is 0 Å². The summed E-state index contributed by atoms with van der Waals surface area (Å²) in [6.45, 7) is 0.837. The van der Waals surface area contributed by atoms with E-state index in [2.05, 4.69) is 20.7 Å². The maximum absolute atomic E-state index is 12.8. The molecule has 0 radical (unpaired) electrons. The molecule has 106 valence electrons. The summed E-state index contributed by atoms with van der Waals surface area (Å²) >= 11 is 0. The monoisotopic (exact) mass is 279 g/mol. The molecule has 0 aliphatic rings. The maximum Gasteiger partial charge on any atom is 0.243 e. The van der Waals surface area contributed by atoms with Crippen molar-refractivity contribution < 1.29 is 13.9 Å². The minimum absolute atomic E-state index is 0.0299. The number of carbonyl (C=O) groups is 1. The van der Waals surface area contributed by atoms with Gasteiger partial charge in [0.05, 0.1) is 6.61 Å². The number of halogens is 1. The molecule has 1 heterocycles. The molecule has 0 aliphatic heterocycles. The molecule has 2 rings (SSSR count). The normalized spacial score (nSPS) is 10.5. The lowest BCUT2D eigenvalue weighted by molar-refractivity contribution is -0.122. The smallest absolute Gasteiger partial charge is 0.243 e. The van der Waals surface area contributed by atoms with E-state index in [9.17, 15) is 9.18 Å². The fourth-order valence-corrected chi connectivity index (χ4v) is 1.50. The van der Waals surface area contributed by atoms with Crippen molar-refractivity contribution in [1.29, 1.82) is 0 Å². The van der Waals surface area contributed by atoms with Crippen LogP contribution in [-0.4, -0.2) is 46.4 Å². The van der Waals surface area contributed by atoms with Gasteiger partial charge in [0.2, 0.25) is 11.7 Å². The first-order valence-corrected chi connectivity index (χ1v) is 5.98. The van der Waals surface area contributed by atoms with Crippen LogP contribution in [0, 0.1) is 5.82 Å². The molecule has 0 atom stereocenters. The minimum atomic E-state index is -0.335. The summed E-state index contributed by atoms with van der Waals surface area (Å²) in [4.78, 5) is 12.7. The molecule has 0 saturated carbocycles. The van der Waals surface area contributed by atoms with E-state index in [1.165, 1.54) is 16.9 Å². The van der Waals surface area contributed by atoms with Gasteiger partial charge in [0.25, 0.3) is 0 Å². The number of methoxy groups -OCH3 is 1. The summed E-state index contributed by atoms with van der Waals surface area (Å²) in [5, 5.41) is 14.3. The van der Waals surface area contributed by atoms with E-state index in [4.69, 9.17) is 4.74 Å². The Labute approximate surface area is 114 Å². The van der Waals surface area contributed by atoms with Gasteiger partial charge in [0.1, 0.15) is 12.4 Å². The number of nitrogens with one attached hydrogen (secondary N) is 1. The van der Waals surface area contributed by atoms with Gasteiger partial charge in [-0.1, -0.05) is 0 Å². The first-order chi connectivity index (χ1) is 9.69. The molecule has 1 aromatic heterocycles. The lowest BCUT2D eigenvalue weighted by Crippen LogP contribution is -2.31. The molecule has 20 heavy (non-hydrogen) atoms. The Bertz CT molecular complexity index is 569. The molecule has 2 aromatic rings. The lowest BCUT2D eigenvalue weighted by Gasteiger charge is -2.02. The predicted octanol–water partition coefficient (Wildman–Crippen LogP) is 0.242. The third-order valence-electron chi connectivity index (χ3n) is 2.47. The van der Waals surface area contributed by atoms with Gasteiger partial charge in [-0.2, -0.15) is 4.80 Å². The van der Waals surface area contributed by atoms with Crippen molar-refractivity contribution in [3.8, 4) is 11.4 Å². The minimum Gasteiger partial charge on any atom is -0.383 e. The van der Waals surface area contributed by atoms with Gasteiger partial charge in [-0.05, 0) is 29.5 Å². The average molecular weight is 279 g/mol. The highest BCUT2D eigenvalue weighted by Gasteiger charge is 2.09. The van der Waals surface area contributed by atoms with Crippen LogP contribution < -0.4 is 5.32 Å². The van der Waals surface area contributed by atoms with E-state index >= 15 is 0 Å². The van der Waals surface area contributed by atoms with E-state index in [1.807, 2.05) is 0 Å². The molecule has 8 heteroatoms. The predicted molar refractivity (Wildman–Crippen MR) is 68.1 cm³/mol. The van der Waals surface area contributed by atoms with Gasteiger partial charge < -0.3 is 10.1 Å². The summed E-state index contributed by atoms with van der Waals surface area (Å²) in [5.41, 5.74) is 0.637. The lowest BCUT2D eigenvalue weighted by atomic mass is 10.2. The van der Waals surface area contributed by atoms with Crippen molar-refractivity contribution in [3.05, 3.63) is 30.1 Å². The van der Waals surface area contributed by atoms with E-state index in [0.717, 1.165) is 0 Å². The molecule has 0 fully saturated rings. The Hall–Kier alpha value is -2.35. The average Bonchev–Trinajstić information content (AvgIpc) is 2.88. The SMILES string of the molecule is COCCNC(=O)Cn1nnc(-c2ccc(F)cc2)n1. The molecule has 1 aromatic carbocycles. The summed E-state index contributed by atoms with van der Waals surface area (Å²) in [6.07, 6.45) is 0. The Kier molecular flexibility index (Phi) is 4.72. The Morgan fingerprint density at radius 2 is 2.15 bits per heavy atom. The van der Waals surface area contributed by atoms with E-state index in [1.54, 1.807) is 19.2 Å². The van der Waals surface area contributed by atoms with Crippen LogP contribution in [0.3, 0.4) is 0 Å². The van der Waals surface area contributed by atoms with Crippen molar-refractivity contribution in [2.75, 3.05) is 20.3 Å². The van der Waals surface area contributed by atoms with Crippen molar-refractivity contribution in [1.82, 2.24) is 25.5 Å². The van der Waals surface area contributed by atoms with Crippen LogP contribution in [0.1, 0.15) is 0 Å². The van der Waals surface area contributed by atoms with Crippen LogP contribution in [0.2, 0.25) is 0 Å². The number of nitrogens with zero attached hydrogens (tertiary/aromatic N) is 4. The molecular weight excluding hydrogens is 265 g/mol. The van der Waals surface area contributed by atoms with E-state index < -0.39 is 0 Å². The van der Waals surface area contributed by atoms with Crippen molar-refractivity contribution in [2.24, 2.45) is 0 Å². The van der Waals surface area contributed by atoms with Crippen LogP contribution in [0.15, 0.2) is 24.3 Å². The number of rotatable bonds is 6. The fraction of sp³-hybridized carbons (Fsp3) is 0.333. The summed E-state index contributed by atoms with van der Waals surface area (Å²) in [5.74, 6) is -0.224. The fourth-order valence-electron chi connectivity index (χ4n) is 1.50. The third-order valence-corrected chi connectivity index (χ3v) is 2.47. The Morgan fingerprint density at radius 1 is 1.40 bits per heavy atom. The highest BCUT2D eigenvalue weighted by Crippen LogP contribution is 2.13. The van der Waals surface area contributed by atoms with Crippen LogP contribution in [0.5, 0.6) is 0 Å². The maximum atomic E-state index is 12.8. The molecule has 0 spiro atoms. The molecule has 0 bridgehead atoms. The van der Waals surface area contributed by atoms with E-state index in [-0.39, 0.29) is 18.3 Å². The largest absolute Gasteiger partial charge is 0.383 e. The molecule has 7 nitrogen and oxygen atoms in total. The third kappa shape index (κ3) is 3.82. The van der Waals surface area contributed by atoms with Gasteiger partial charge in [0, 0.05) is 19.2 Å². The van der Waals surface area contributed by atoms with Crippen LogP contribution in [0.4, 0.5) is 4.39 Å². The van der Waals surface area contributed by atoms with Crippen LogP contribution in [-0.2, 0) is 16.1 Å². The second-order valence-corrected chi connectivity index (χ2v) is 3.99. The van der Waals surface area contributed by atoms with Gasteiger partial charge in [-0.25, -0.2) is 4.39 Å². The molecule has 1 N–H and O–H groups in total. The number of benzene rings is 1. The molecule has 0 saturated heterocycles.